The van der Waals surface area contributed by atoms with Crippen molar-refractivity contribution < 1.29 is 9.13 Å². The Balaban J connectivity index is 2.60. The Morgan fingerprint density at radius 2 is 2.17 bits per heavy atom. The van der Waals surface area contributed by atoms with Crippen molar-refractivity contribution in [2.75, 3.05) is 13.7 Å². The quantitative estimate of drug-likeness (QED) is 0.409. The minimum Gasteiger partial charge on any atom is -0.486 e. The predicted molar refractivity (Wildman–Crippen MR) is 70.1 cm³/mol. The largest absolute Gasteiger partial charge is 0.486 e. The van der Waals surface area contributed by atoms with Crippen molar-refractivity contribution in [3.05, 3.63) is 53.6 Å². The van der Waals surface area contributed by atoms with Crippen LogP contribution < -0.4 is 21.3 Å². The van der Waals surface area contributed by atoms with E-state index in [2.05, 4.69) is 10.7 Å². The lowest BCUT2D eigenvalue weighted by molar-refractivity contribution is 0.341. The molecule has 0 aromatic heterocycles. The predicted octanol–water partition coefficient (Wildman–Crippen LogP) is 1.67. The molecule has 0 fully saturated rings. The molecule has 0 spiro atoms. The van der Waals surface area contributed by atoms with Gasteiger partial charge in [-0.1, -0.05) is 12.1 Å². The number of hydrazine groups is 1. The van der Waals surface area contributed by atoms with Gasteiger partial charge in [0.05, 0.1) is 5.70 Å². The molecule has 4 nitrogen and oxygen atoms in total. The maximum Gasteiger partial charge on any atom is 0.165 e. The van der Waals surface area contributed by atoms with Crippen LogP contribution in [0.25, 0.3) is 0 Å². The lowest BCUT2D eigenvalue weighted by Crippen LogP contribution is -2.23. The van der Waals surface area contributed by atoms with Gasteiger partial charge < -0.3 is 15.5 Å². The van der Waals surface area contributed by atoms with Gasteiger partial charge >= 0.3 is 0 Å². The third-order valence-electron chi connectivity index (χ3n) is 2.33. The zero-order valence-corrected chi connectivity index (χ0v) is 10.5. The SMILES string of the molecule is CN/C=C(NN)\C(C)=C/COc1ccccc1F. The second kappa shape index (κ2) is 7.34. The molecule has 1 aromatic carbocycles. The van der Waals surface area contributed by atoms with Crippen LogP contribution >= 0.6 is 0 Å². The lowest BCUT2D eigenvalue weighted by atomic mass is 10.2. The number of nitrogens with two attached hydrogens (primary N) is 1. The molecule has 0 aliphatic heterocycles. The van der Waals surface area contributed by atoms with Gasteiger partial charge in [0.25, 0.3) is 0 Å². The van der Waals surface area contributed by atoms with E-state index in [1.807, 2.05) is 13.0 Å². The number of benzene rings is 1. The van der Waals surface area contributed by atoms with Crippen molar-refractivity contribution in [1.29, 1.82) is 0 Å². The topological polar surface area (TPSA) is 59.3 Å². The van der Waals surface area contributed by atoms with Gasteiger partial charge in [0.1, 0.15) is 6.61 Å². The summed E-state index contributed by atoms with van der Waals surface area (Å²) in [6.45, 7) is 2.16. The fourth-order valence-electron chi connectivity index (χ4n) is 1.34. The normalized spacial score (nSPS) is 12.2. The van der Waals surface area contributed by atoms with Crippen LogP contribution in [0.3, 0.4) is 0 Å². The van der Waals surface area contributed by atoms with Crippen molar-refractivity contribution in [1.82, 2.24) is 10.7 Å². The third-order valence-corrected chi connectivity index (χ3v) is 2.33. The molecule has 5 heteroatoms. The van der Waals surface area contributed by atoms with Crippen LogP contribution in [-0.2, 0) is 0 Å². The third kappa shape index (κ3) is 4.10. The Morgan fingerprint density at radius 1 is 1.44 bits per heavy atom. The van der Waals surface area contributed by atoms with Crippen LogP contribution in [0.5, 0.6) is 5.75 Å². The number of hydrogen-bond donors (Lipinski definition) is 3. The summed E-state index contributed by atoms with van der Waals surface area (Å²) in [5, 5.41) is 2.87. The molecule has 0 saturated heterocycles. The first-order valence-corrected chi connectivity index (χ1v) is 5.57. The van der Waals surface area contributed by atoms with Crippen molar-refractivity contribution in [3.63, 3.8) is 0 Å². The van der Waals surface area contributed by atoms with Crippen LogP contribution in [0.4, 0.5) is 4.39 Å². The summed E-state index contributed by atoms with van der Waals surface area (Å²) in [5.74, 6) is 5.24. The molecule has 98 valence electrons. The molecule has 0 bridgehead atoms. The second-order valence-electron chi connectivity index (χ2n) is 3.62. The van der Waals surface area contributed by atoms with Gasteiger partial charge in [0.2, 0.25) is 0 Å². The number of para-hydroxylation sites is 1. The van der Waals surface area contributed by atoms with Crippen molar-refractivity contribution in [2.45, 2.75) is 6.92 Å². The van der Waals surface area contributed by atoms with E-state index in [1.54, 1.807) is 31.4 Å². The van der Waals surface area contributed by atoms with E-state index in [4.69, 9.17) is 10.6 Å². The highest BCUT2D eigenvalue weighted by Crippen LogP contribution is 2.15. The maximum atomic E-state index is 13.3. The zero-order chi connectivity index (χ0) is 13.4. The van der Waals surface area contributed by atoms with Crippen molar-refractivity contribution in [3.8, 4) is 5.75 Å². The first-order chi connectivity index (χ1) is 8.69. The van der Waals surface area contributed by atoms with Crippen molar-refractivity contribution in [2.24, 2.45) is 5.84 Å². The average Bonchev–Trinajstić information content (AvgIpc) is 2.38. The monoisotopic (exact) mass is 251 g/mol. The fraction of sp³-hybridized carbons (Fsp3) is 0.231. The minimum absolute atomic E-state index is 0.237. The Hall–Kier alpha value is -2.01. The van der Waals surface area contributed by atoms with Crippen LogP contribution in [0.2, 0.25) is 0 Å². The molecule has 0 amide bonds. The number of rotatable bonds is 6. The summed E-state index contributed by atoms with van der Waals surface area (Å²) in [4.78, 5) is 0. The van der Waals surface area contributed by atoms with Gasteiger partial charge in [-0.15, -0.1) is 0 Å². The summed E-state index contributed by atoms with van der Waals surface area (Å²) in [7, 11) is 1.78. The summed E-state index contributed by atoms with van der Waals surface area (Å²) >= 11 is 0. The first kappa shape index (κ1) is 14.1. The van der Waals surface area contributed by atoms with Crippen LogP contribution in [-0.4, -0.2) is 13.7 Å². The molecule has 1 rings (SSSR count). The van der Waals surface area contributed by atoms with Gasteiger partial charge in [-0.2, -0.15) is 0 Å². The van der Waals surface area contributed by atoms with Crippen LogP contribution in [0.15, 0.2) is 47.8 Å². The average molecular weight is 251 g/mol. The number of ether oxygens (including phenoxy) is 1. The molecule has 4 N–H and O–H groups in total. The molecule has 0 saturated carbocycles. The molecular weight excluding hydrogens is 233 g/mol. The standard InChI is InChI=1S/C13H18FN3O/c1-10(12(17-15)9-16-2)7-8-18-13-6-4-3-5-11(13)14/h3-7,9,16-17H,8,15H2,1-2H3/b10-7-,12-9+. The van der Waals surface area contributed by atoms with Gasteiger partial charge in [0.15, 0.2) is 11.6 Å². The van der Waals surface area contributed by atoms with E-state index < -0.39 is 0 Å². The molecule has 0 aliphatic carbocycles. The fourth-order valence-corrected chi connectivity index (χ4v) is 1.34. The highest BCUT2D eigenvalue weighted by Gasteiger charge is 2.01. The van der Waals surface area contributed by atoms with E-state index >= 15 is 0 Å². The summed E-state index contributed by atoms with van der Waals surface area (Å²) in [6, 6.07) is 6.29. The number of hydrogen-bond acceptors (Lipinski definition) is 4. The van der Waals surface area contributed by atoms with Gasteiger partial charge in [-0.3, -0.25) is 5.84 Å². The molecule has 0 heterocycles. The highest BCUT2D eigenvalue weighted by molar-refractivity contribution is 5.27. The lowest BCUT2D eigenvalue weighted by Gasteiger charge is -2.08. The number of halogens is 1. The van der Waals surface area contributed by atoms with Gasteiger partial charge in [-0.05, 0) is 30.7 Å². The number of allylic oxidation sites excluding steroid dienone is 1. The zero-order valence-electron chi connectivity index (χ0n) is 10.5. The summed E-state index contributed by atoms with van der Waals surface area (Å²) in [6.07, 6.45) is 3.55. The van der Waals surface area contributed by atoms with Gasteiger partial charge in [0, 0.05) is 13.2 Å². The van der Waals surface area contributed by atoms with Gasteiger partial charge in [-0.25, -0.2) is 4.39 Å². The van der Waals surface area contributed by atoms with Crippen LogP contribution in [0.1, 0.15) is 6.92 Å². The van der Waals surface area contributed by atoms with E-state index in [0.29, 0.717) is 0 Å². The van der Waals surface area contributed by atoms with Crippen molar-refractivity contribution >= 4 is 0 Å². The molecule has 0 aliphatic rings. The highest BCUT2D eigenvalue weighted by atomic mass is 19.1. The molecule has 1 aromatic rings. The summed E-state index contributed by atoms with van der Waals surface area (Å²) < 4.78 is 18.6. The Labute approximate surface area is 106 Å². The van der Waals surface area contributed by atoms with E-state index in [-0.39, 0.29) is 18.2 Å². The Morgan fingerprint density at radius 3 is 2.78 bits per heavy atom. The molecule has 0 radical (unpaired) electrons. The Bertz CT molecular complexity index is 444. The molecule has 0 atom stereocenters. The smallest absolute Gasteiger partial charge is 0.165 e. The summed E-state index contributed by atoms with van der Waals surface area (Å²) in [5.41, 5.74) is 4.21. The second-order valence-corrected chi connectivity index (χ2v) is 3.62. The van der Waals surface area contributed by atoms with E-state index in [9.17, 15) is 4.39 Å². The number of nitrogens with one attached hydrogen (secondary N) is 2. The minimum atomic E-state index is -0.369. The molecular formula is C13H18FN3O. The van der Waals surface area contributed by atoms with Crippen LogP contribution in [0, 0.1) is 5.82 Å². The molecule has 0 unspecified atom stereocenters. The Kier molecular flexibility index (Phi) is 5.73. The van der Waals surface area contributed by atoms with E-state index in [0.717, 1.165) is 11.3 Å². The molecule has 18 heavy (non-hydrogen) atoms. The first-order valence-electron chi connectivity index (χ1n) is 5.57. The maximum absolute atomic E-state index is 13.3. The van der Waals surface area contributed by atoms with E-state index in [1.165, 1.54) is 6.07 Å².